The predicted molar refractivity (Wildman–Crippen MR) is 79.8 cm³/mol. The molecule has 3 fully saturated rings. The second-order valence-electron chi connectivity index (χ2n) is 7.17. The third kappa shape index (κ3) is 1.55. The van der Waals surface area contributed by atoms with Crippen LogP contribution in [0.15, 0.2) is 29.1 Å². The quantitative estimate of drug-likeness (QED) is 0.853. The van der Waals surface area contributed by atoms with E-state index in [-0.39, 0.29) is 17.3 Å². The van der Waals surface area contributed by atoms with Crippen LogP contribution in [0.25, 0.3) is 0 Å². The van der Waals surface area contributed by atoms with Crippen molar-refractivity contribution in [3.8, 4) is 6.07 Å². The third-order valence-electron chi connectivity index (χ3n) is 5.65. The number of halogens is 1. The number of fused-ring (bicyclic) bond motifs is 1. The monoisotopic (exact) mass is 310 g/mol. The lowest BCUT2D eigenvalue weighted by atomic mass is 9.47. The highest BCUT2D eigenvalue weighted by molar-refractivity contribution is 5.34. The number of hydrogen-bond donors (Lipinski definition) is 0. The smallest absolute Gasteiger partial charge is 0.271 e. The first-order chi connectivity index (χ1) is 11.0. The molecule has 2 heterocycles. The summed E-state index contributed by atoms with van der Waals surface area (Å²) in [5.41, 5.74) is 0.105. The lowest BCUT2D eigenvalue weighted by Gasteiger charge is -2.64. The van der Waals surface area contributed by atoms with E-state index in [2.05, 4.69) is 11.2 Å². The van der Waals surface area contributed by atoms with Crippen molar-refractivity contribution in [2.24, 2.45) is 0 Å². The lowest BCUT2D eigenvalue weighted by molar-refractivity contribution is -0.205. The van der Waals surface area contributed by atoms with Gasteiger partial charge in [0.25, 0.3) is 0 Å². The predicted octanol–water partition coefficient (Wildman–Crippen LogP) is 2.05. The molecule has 1 aliphatic heterocycles. The molecule has 0 unspecified atom stereocenters. The van der Waals surface area contributed by atoms with Crippen molar-refractivity contribution in [3.63, 3.8) is 0 Å². The van der Waals surface area contributed by atoms with Gasteiger partial charge in [0, 0.05) is 25.7 Å². The molecule has 6 rings (SSSR count). The molecule has 2 aromatic rings. The van der Waals surface area contributed by atoms with Gasteiger partial charge < -0.3 is 0 Å². The molecule has 0 spiro atoms. The van der Waals surface area contributed by atoms with Gasteiger partial charge in [0.2, 0.25) is 0 Å². The molecule has 3 aliphatic carbocycles. The number of benzene rings is 1. The zero-order valence-corrected chi connectivity index (χ0v) is 12.5. The van der Waals surface area contributed by atoms with Crippen LogP contribution in [-0.4, -0.2) is 20.0 Å². The highest BCUT2D eigenvalue weighted by atomic mass is 19.1. The van der Waals surface area contributed by atoms with Crippen LogP contribution in [0.1, 0.15) is 48.7 Å². The first-order valence-corrected chi connectivity index (χ1v) is 7.94. The minimum Gasteiger partial charge on any atom is -0.271 e. The Morgan fingerprint density at radius 3 is 2.57 bits per heavy atom. The maximum atomic E-state index is 13.8. The Bertz CT molecular complexity index is 898. The number of nitrogens with zero attached hydrogens (tertiary/aromatic N) is 4. The zero-order chi connectivity index (χ0) is 15.8. The average molecular weight is 310 g/mol. The van der Waals surface area contributed by atoms with E-state index >= 15 is 0 Å². The van der Waals surface area contributed by atoms with Crippen molar-refractivity contribution in [2.75, 3.05) is 0 Å². The summed E-state index contributed by atoms with van der Waals surface area (Å²) in [6, 6.07) is 9.42. The Morgan fingerprint density at radius 2 is 1.96 bits per heavy atom. The topological polar surface area (TPSA) is 63.6 Å². The van der Waals surface area contributed by atoms with Gasteiger partial charge in [-0.15, -0.1) is 0 Å². The van der Waals surface area contributed by atoms with E-state index in [0.717, 1.165) is 24.2 Å². The summed E-state index contributed by atoms with van der Waals surface area (Å²) in [5.74, 6) is 0.794. The first-order valence-electron chi connectivity index (χ1n) is 7.94. The summed E-state index contributed by atoms with van der Waals surface area (Å²) >= 11 is 0. The first kappa shape index (κ1) is 13.1. The molecule has 116 valence electrons. The Kier molecular flexibility index (Phi) is 2.22. The fourth-order valence-corrected chi connectivity index (χ4v) is 4.54. The number of hydrogen-bond acceptors (Lipinski definition) is 3. The molecule has 2 bridgehead atoms. The molecule has 3 saturated carbocycles. The lowest BCUT2D eigenvalue weighted by Crippen LogP contribution is -2.72. The molecular weight excluding hydrogens is 295 g/mol. The van der Waals surface area contributed by atoms with E-state index in [1.54, 1.807) is 21.4 Å². The molecule has 5 nitrogen and oxygen atoms in total. The van der Waals surface area contributed by atoms with Gasteiger partial charge >= 0.3 is 5.69 Å². The van der Waals surface area contributed by atoms with E-state index in [0.29, 0.717) is 24.8 Å². The van der Waals surface area contributed by atoms with Gasteiger partial charge in [-0.1, -0.05) is 12.1 Å². The highest BCUT2D eigenvalue weighted by Gasteiger charge is 2.71. The van der Waals surface area contributed by atoms with Gasteiger partial charge in [0.15, 0.2) is 0 Å². The summed E-state index contributed by atoms with van der Waals surface area (Å²) in [6.07, 6.45) is 2.88. The average Bonchev–Trinajstić information content (AvgIpc) is 3.04. The fraction of sp³-hybridized carbons (Fsp3) is 0.471. The van der Waals surface area contributed by atoms with Gasteiger partial charge in [-0.05, 0) is 24.1 Å². The second kappa shape index (κ2) is 3.91. The van der Waals surface area contributed by atoms with Crippen molar-refractivity contribution in [1.29, 1.82) is 5.26 Å². The molecule has 6 heteroatoms. The van der Waals surface area contributed by atoms with Gasteiger partial charge in [0.05, 0.1) is 23.2 Å². The van der Waals surface area contributed by atoms with Crippen LogP contribution in [0.3, 0.4) is 0 Å². The van der Waals surface area contributed by atoms with Crippen LogP contribution >= 0.6 is 0 Å². The Balaban J connectivity index is 1.54. The normalized spacial score (nSPS) is 33.5. The van der Waals surface area contributed by atoms with Crippen molar-refractivity contribution < 1.29 is 4.39 Å². The van der Waals surface area contributed by atoms with Crippen LogP contribution < -0.4 is 5.69 Å². The minimum absolute atomic E-state index is 0.0364. The van der Waals surface area contributed by atoms with Crippen LogP contribution in [-0.2, 0) is 12.0 Å². The summed E-state index contributed by atoms with van der Waals surface area (Å²) in [7, 11) is 0. The summed E-state index contributed by atoms with van der Waals surface area (Å²) in [6.45, 7) is 0. The number of nitriles is 1. The Hall–Kier alpha value is -2.42. The maximum absolute atomic E-state index is 13.8. The molecular formula is C17H15FN4O. The van der Waals surface area contributed by atoms with Crippen molar-refractivity contribution in [3.05, 3.63) is 51.7 Å². The third-order valence-corrected chi connectivity index (χ3v) is 5.65. The van der Waals surface area contributed by atoms with Crippen molar-refractivity contribution >= 4 is 0 Å². The Labute approximate surface area is 132 Å². The second-order valence-corrected chi connectivity index (χ2v) is 7.17. The van der Waals surface area contributed by atoms with E-state index in [1.807, 2.05) is 12.1 Å². The largest absolute Gasteiger partial charge is 0.347 e. The maximum Gasteiger partial charge on any atom is 0.347 e. The molecule has 23 heavy (non-hydrogen) atoms. The van der Waals surface area contributed by atoms with Gasteiger partial charge in [-0.2, -0.15) is 10.4 Å². The van der Waals surface area contributed by atoms with Gasteiger partial charge in [-0.25, -0.2) is 13.9 Å². The SMILES string of the molecule is N#Cc1ccc([C@@H]2CCc3nn(C45CC(F)(C4)C5)c(=O)n32)cc1. The number of aryl methyl sites for hydroxylation is 1. The van der Waals surface area contributed by atoms with Crippen LogP contribution in [0, 0.1) is 11.3 Å². The standard InChI is InChI=1S/C17H15FN4O/c18-16-8-17(9-16,10-16)22-15(23)21-13(5-6-14(21)20-22)12-3-1-11(7-19)2-4-12/h1-4,13H,5-6,8-10H2/t13-,16?,17?/m0/s1. The number of alkyl halides is 1. The molecule has 0 saturated heterocycles. The molecule has 1 aromatic heterocycles. The zero-order valence-electron chi connectivity index (χ0n) is 12.5. The molecule has 1 aromatic carbocycles. The van der Waals surface area contributed by atoms with Gasteiger partial charge in [-0.3, -0.25) is 4.57 Å². The van der Waals surface area contributed by atoms with Gasteiger partial charge in [0.1, 0.15) is 11.5 Å². The molecule has 4 aliphatic rings. The van der Waals surface area contributed by atoms with Crippen molar-refractivity contribution in [2.45, 2.75) is 49.4 Å². The summed E-state index contributed by atoms with van der Waals surface area (Å²) in [5, 5.41) is 13.4. The van der Waals surface area contributed by atoms with Crippen LogP contribution in [0.4, 0.5) is 4.39 Å². The fourth-order valence-electron chi connectivity index (χ4n) is 4.54. The van der Waals surface area contributed by atoms with Crippen LogP contribution in [0.5, 0.6) is 0 Å². The molecule has 0 radical (unpaired) electrons. The number of aromatic nitrogens is 3. The Morgan fingerprint density at radius 1 is 1.26 bits per heavy atom. The van der Waals surface area contributed by atoms with E-state index < -0.39 is 5.67 Å². The summed E-state index contributed by atoms with van der Waals surface area (Å²) < 4.78 is 17.1. The minimum atomic E-state index is -1.04. The molecule has 0 N–H and O–H groups in total. The summed E-state index contributed by atoms with van der Waals surface area (Å²) in [4.78, 5) is 12.8. The molecule has 0 amide bonds. The van der Waals surface area contributed by atoms with E-state index in [4.69, 9.17) is 5.26 Å². The molecule has 1 atom stereocenters. The highest BCUT2D eigenvalue weighted by Crippen LogP contribution is 2.66. The van der Waals surface area contributed by atoms with E-state index in [9.17, 15) is 9.18 Å². The number of rotatable bonds is 2. The van der Waals surface area contributed by atoms with Crippen LogP contribution in [0.2, 0.25) is 0 Å². The van der Waals surface area contributed by atoms with Crippen molar-refractivity contribution in [1.82, 2.24) is 14.3 Å². The van der Waals surface area contributed by atoms with E-state index in [1.165, 1.54) is 0 Å².